The molecule has 7 nitrogen and oxygen atoms in total. The van der Waals surface area contributed by atoms with Crippen molar-refractivity contribution >= 4 is 17.9 Å². The Bertz CT molecular complexity index is 559. The first-order chi connectivity index (χ1) is 13.2. The summed E-state index contributed by atoms with van der Waals surface area (Å²) < 4.78 is 10.4. The van der Waals surface area contributed by atoms with Crippen LogP contribution in [0.2, 0.25) is 0 Å². The molecule has 0 spiro atoms. The van der Waals surface area contributed by atoms with Crippen LogP contribution in [-0.4, -0.2) is 45.9 Å². The van der Waals surface area contributed by atoms with E-state index in [2.05, 4.69) is 0 Å². The van der Waals surface area contributed by atoms with Gasteiger partial charge in [0.05, 0.1) is 5.92 Å². The van der Waals surface area contributed by atoms with Crippen molar-refractivity contribution in [1.82, 2.24) is 0 Å². The Hall–Kier alpha value is -1.63. The van der Waals surface area contributed by atoms with Crippen LogP contribution in [0.3, 0.4) is 0 Å². The van der Waals surface area contributed by atoms with E-state index in [0.717, 1.165) is 12.8 Å². The van der Waals surface area contributed by atoms with Gasteiger partial charge in [-0.1, -0.05) is 0 Å². The van der Waals surface area contributed by atoms with Gasteiger partial charge in [-0.25, -0.2) is 0 Å². The number of aliphatic hydroxyl groups excluding tert-OH is 1. The van der Waals surface area contributed by atoms with Crippen LogP contribution in [0.5, 0.6) is 0 Å². The van der Waals surface area contributed by atoms with Gasteiger partial charge in [-0.2, -0.15) is 0 Å². The maximum absolute atomic E-state index is 11.4. The van der Waals surface area contributed by atoms with Crippen LogP contribution in [0.4, 0.5) is 0 Å². The van der Waals surface area contributed by atoms with E-state index in [4.69, 9.17) is 19.7 Å². The number of carboxylic acids is 1. The monoisotopic (exact) mass is 414 g/mol. The lowest BCUT2D eigenvalue weighted by Crippen LogP contribution is -2.33. The second-order valence-corrected chi connectivity index (χ2v) is 10.3. The number of ether oxygens (including phenoxy) is 2. The summed E-state index contributed by atoms with van der Waals surface area (Å²) in [6.07, 6.45) is 4.00. The highest BCUT2D eigenvalue weighted by atomic mass is 16.6. The Balaban J connectivity index is 0.000000291. The van der Waals surface area contributed by atoms with Crippen molar-refractivity contribution in [3.05, 3.63) is 0 Å². The van der Waals surface area contributed by atoms with Crippen LogP contribution >= 0.6 is 0 Å². The molecule has 2 saturated carbocycles. The molecular weight excluding hydrogens is 376 g/mol. The molecule has 0 atom stereocenters. The summed E-state index contributed by atoms with van der Waals surface area (Å²) in [4.78, 5) is 33.3. The van der Waals surface area contributed by atoms with Gasteiger partial charge in [0.15, 0.2) is 0 Å². The van der Waals surface area contributed by atoms with Crippen LogP contribution in [-0.2, 0) is 23.9 Å². The fourth-order valence-corrected chi connectivity index (χ4v) is 3.53. The van der Waals surface area contributed by atoms with E-state index in [-0.39, 0.29) is 36.0 Å². The summed E-state index contributed by atoms with van der Waals surface area (Å²) in [6.45, 7) is 11.4. The number of hydrogen-bond acceptors (Lipinski definition) is 6. The zero-order chi connectivity index (χ0) is 22.4. The van der Waals surface area contributed by atoms with Crippen molar-refractivity contribution in [2.24, 2.45) is 23.7 Å². The highest BCUT2D eigenvalue weighted by molar-refractivity contribution is 5.73. The van der Waals surface area contributed by atoms with Crippen molar-refractivity contribution in [1.29, 1.82) is 0 Å². The molecule has 0 heterocycles. The molecule has 7 heteroatoms. The molecule has 0 unspecified atom stereocenters. The number of rotatable bonds is 6. The minimum Gasteiger partial charge on any atom is -0.481 e. The molecular formula is C22H38O7. The summed E-state index contributed by atoms with van der Waals surface area (Å²) in [6, 6.07) is 0. The predicted molar refractivity (Wildman–Crippen MR) is 108 cm³/mol. The molecule has 168 valence electrons. The maximum Gasteiger partial charge on any atom is 0.306 e. The van der Waals surface area contributed by atoms with Crippen molar-refractivity contribution in [2.75, 3.05) is 6.61 Å². The molecule has 0 aliphatic heterocycles. The van der Waals surface area contributed by atoms with Gasteiger partial charge in [0.2, 0.25) is 0 Å². The second-order valence-electron chi connectivity index (χ2n) is 10.3. The van der Waals surface area contributed by atoms with Gasteiger partial charge in [-0.3, -0.25) is 14.4 Å². The summed E-state index contributed by atoms with van der Waals surface area (Å²) >= 11 is 0. The number of esters is 2. The molecule has 0 bridgehead atoms. The quantitative estimate of drug-likeness (QED) is 0.639. The van der Waals surface area contributed by atoms with Gasteiger partial charge in [0.1, 0.15) is 11.2 Å². The summed E-state index contributed by atoms with van der Waals surface area (Å²) in [5, 5.41) is 17.5. The Morgan fingerprint density at radius 1 is 0.759 bits per heavy atom. The van der Waals surface area contributed by atoms with E-state index in [1.54, 1.807) is 0 Å². The molecule has 2 aliphatic carbocycles. The number of carbonyl (C=O) groups excluding carboxylic acids is 2. The lowest BCUT2D eigenvalue weighted by atomic mass is 9.73. The third-order valence-corrected chi connectivity index (χ3v) is 4.93. The fourth-order valence-electron chi connectivity index (χ4n) is 3.53. The first-order valence-corrected chi connectivity index (χ1v) is 10.5. The van der Waals surface area contributed by atoms with E-state index in [1.165, 1.54) is 0 Å². The number of carboxylic acid groups (broad SMARTS) is 1. The van der Waals surface area contributed by atoms with Gasteiger partial charge >= 0.3 is 17.9 Å². The van der Waals surface area contributed by atoms with Crippen LogP contribution in [0.25, 0.3) is 0 Å². The van der Waals surface area contributed by atoms with E-state index in [0.29, 0.717) is 37.5 Å². The molecule has 0 saturated heterocycles. The van der Waals surface area contributed by atoms with Crippen molar-refractivity contribution in [3.8, 4) is 0 Å². The first kappa shape index (κ1) is 25.4. The Kier molecular flexibility index (Phi) is 9.12. The SMILES string of the molecule is CC(C)(C)OC(=O)CC1CC(C(=O)O)C1.CC(C)(C)OC(=O)CC1CC(CO)C1. The average molecular weight is 415 g/mol. The highest BCUT2D eigenvalue weighted by Gasteiger charge is 2.36. The summed E-state index contributed by atoms with van der Waals surface area (Å²) in [5.41, 5.74) is -0.829. The second kappa shape index (κ2) is 10.4. The van der Waals surface area contributed by atoms with E-state index in [1.807, 2.05) is 41.5 Å². The van der Waals surface area contributed by atoms with Gasteiger partial charge in [-0.15, -0.1) is 0 Å². The van der Waals surface area contributed by atoms with Gasteiger partial charge in [-0.05, 0) is 85.0 Å². The predicted octanol–water partition coefficient (Wildman–Crippen LogP) is 3.57. The molecule has 0 radical (unpaired) electrons. The number of aliphatic carboxylic acids is 1. The van der Waals surface area contributed by atoms with E-state index >= 15 is 0 Å². The molecule has 0 aromatic rings. The Labute approximate surface area is 174 Å². The van der Waals surface area contributed by atoms with Crippen molar-refractivity contribution < 1.29 is 34.1 Å². The number of aliphatic hydroxyl groups is 1. The van der Waals surface area contributed by atoms with Gasteiger partial charge < -0.3 is 19.7 Å². The molecule has 2 N–H and O–H groups in total. The first-order valence-electron chi connectivity index (χ1n) is 10.5. The number of hydrogen-bond donors (Lipinski definition) is 2. The standard InChI is InChI=1S/C11H18O4.C11H20O3/c1-11(2,3)15-9(12)6-7-4-8(5-7)10(13)14;1-11(2,3)14-10(13)6-8-4-9(5-8)7-12/h7-8H,4-6H2,1-3H3,(H,13,14);8-9,12H,4-7H2,1-3H3. The molecule has 2 rings (SSSR count). The van der Waals surface area contributed by atoms with Crippen molar-refractivity contribution in [2.45, 2.75) is 91.3 Å². The van der Waals surface area contributed by atoms with Crippen LogP contribution in [0.15, 0.2) is 0 Å². The molecule has 2 aliphatic rings. The Morgan fingerprint density at radius 3 is 1.45 bits per heavy atom. The van der Waals surface area contributed by atoms with Crippen LogP contribution in [0, 0.1) is 23.7 Å². The molecule has 0 amide bonds. The maximum atomic E-state index is 11.4. The highest BCUT2D eigenvalue weighted by Crippen LogP contribution is 2.37. The molecule has 0 aromatic heterocycles. The third-order valence-electron chi connectivity index (χ3n) is 4.93. The average Bonchev–Trinajstić information content (AvgIpc) is 2.42. The van der Waals surface area contributed by atoms with E-state index < -0.39 is 11.6 Å². The van der Waals surface area contributed by atoms with Gasteiger partial charge in [0.25, 0.3) is 0 Å². The van der Waals surface area contributed by atoms with Gasteiger partial charge in [0, 0.05) is 19.4 Å². The molecule has 0 aromatic carbocycles. The minimum absolute atomic E-state index is 0.112. The normalized spacial score (nSPS) is 26.2. The Morgan fingerprint density at radius 2 is 1.14 bits per heavy atom. The topological polar surface area (TPSA) is 110 Å². The smallest absolute Gasteiger partial charge is 0.306 e. The fraction of sp³-hybridized carbons (Fsp3) is 0.864. The van der Waals surface area contributed by atoms with Crippen LogP contribution < -0.4 is 0 Å². The molecule has 2 fully saturated rings. The van der Waals surface area contributed by atoms with Crippen LogP contribution in [0.1, 0.15) is 80.1 Å². The summed E-state index contributed by atoms with van der Waals surface area (Å²) in [7, 11) is 0. The largest absolute Gasteiger partial charge is 0.481 e. The zero-order valence-corrected chi connectivity index (χ0v) is 18.7. The van der Waals surface area contributed by atoms with E-state index in [9.17, 15) is 14.4 Å². The lowest BCUT2D eigenvalue weighted by molar-refractivity contribution is -0.159. The third kappa shape index (κ3) is 10.6. The zero-order valence-electron chi connectivity index (χ0n) is 18.7. The lowest BCUT2D eigenvalue weighted by Gasteiger charge is -2.34. The minimum atomic E-state index is -0.754. The summed E-state index contributed by atoms with van der Waals surface area (Å²) in [5.74, 6) is -0.298. The molecule has 29 heavy (non-hydrogen) atoms. The number of carbonyl (C=O) groups is 3. The van der Waals surface area contributed by atoms with Crippen molar-refractivity contribution in [3.63, 3.8) is 0 Å².